The summed E-state index contributed by atoms with van der Waals surface area (Å²) in [5.41, 5.74) is 5.14. The number of amides is 1. The summed E-state index contributed by atoms with van der Waals surface area (Å²) in [6.45, 7) is 9.81. The first kappa shape index (κ1) is 15.2. The largest absolute Gasteiger partial charge is 0.443 e. The van der Waals surface area contributed by atoms with Crippen LogP contribution in [0.25, 0.3) is 0 Å². The zero-order chi connectivity index (χ0) is 12.6. The van der Waals surface area contributed by atoms with Crippen LogP contribution in [0.15, 0.2) is 0 Å². The van der Waals surface area contributed by atoms with Gasteiger partial charge in [-0.1, -0.05) is 26.7 Å². The molecule has 2 N–H and O–H groups in total. The highest BCUT2D eigenvalue weighted by Gasteiger charge is 2.16. The van der Waals surface area contributed by atoms with Gasteiger partial charge in [0.2, 0.25) is 0 Å². The summed E-state index contributed by atoms with van der Waals surface area (Å²) >= 11 is 0. The van der Waals surface area contributed by atoms with Crippen LogP contribution in [0.3, 0.4) is 0 Å². The van der Waals surface area contributed by atoms with E-state index in [1.54, 1.807) is 0 Å². The fourth-order valence-corrected chi connectivity index (χ4v) is 1.29. The molecule has 0 saturated heterocycles. The summed E-state index contributed by atoms with van der Waals surface area (Å²) in [6, 6.07) is 0.326. The summed E-state index contributed by atoms with van der Waals surface area (Å²) in [4.78, 5) is 11.4. The highest BCUT2D eigenvalue weighted by atomic mass is 16.6. The van der Waals surface area contributed by atoms with Crippen LogP contribution in [-0.4, -0.2) is 17.7 Å². The number of hydrogen-bond acceptors (Lipinski definition) is 3. The van der Waals surface area contributed by atoms with Crippen molar-refractivity contribution in [2.75, 3.05) is 0 Å². The molecule has 0 aromatic rings. The van der Waals surface area contributed by atoms with Gasteiger partial charge in [-0.25, -0.2) is 10.2 Å². The van der Waals surface area contributed by atoms with Gasteiger partial charge in [0.1, 0.15) is 5.60 Å². The summed E-state index contributed by atoms with van der Waals surface area (Å²) in [5, 5.41) is 0. The van der Waals surface area contributed by atoms with E-state index in [4.69, 9.17) is 4.74 Å². The molecule has 1 unspecified atom stereocenters. The molecule has 0 aliphatic rings. The highest BCUT2D eigenvalue weighted by Crippen LogP contribution is 2.06. The predicted molar refractivity (Wildman–Crippen MR) is 66.1 cm³/mol. The fourth-order valence-electron chi connectivity index (χ4n) is 1.29. The Kier molecular flexibility index (Phi) is 7.13. The van der Waals surface area contributed by atoms with Gasteiger partial charge in [0.25, 0.3) is 0 Å². The Morgan fingerprint density at radius 1 is 1.31 bits per heavy atom. The Morgan fingerprint density at radius 2 is 1.94 bits per heavy atom. The van der Waals surface area contributed by atoms with Crippen molar-refractivity contribution in [1.29, 1.82) is 0 Å². The average Bonchev–Trinajstić information content (AvgIpc) is 2.15. The van der Waals surface area contributed by atoms with Crippen LogP contribution in [0.2, 0.25) is 0 Å². The molecule has 96 valence electrons. The molecule has 0 spiro atoms. The number of hydrogen-bond donors (Lipinski definition) is 2. The maximum absolute atomic E-state index is 11.4. The number of rotatable bonds is 6. The SMILES string of the molecule is CCCCC(CC)NNC(=O)OC(C)(C)C. The van der Waals surface area contributed by atoms with E-state index in [0.29, 0.717) is 6.04 Å². The van der Waals surface area contributed by atoms with E-state index < -0.39 is 11.7 Å². The Labute approximate surface area is 99.1 Å². The van der Waals surface area contributed by atoms with Crippen molar-refractivity contribution in [3.05, 3.63) is 0 Å². The molecule has 0 radical (unpaired) electrons. The van der Waals surface area contributed by atoms with Crippen LogP contribution in [-0.2, 0) is 4.74 Å². The molecule has 1 atom stereocenters. The van der Waals surface area contributed by atoms with Crippen LogP contribution < -0.4 is 10.9 Å². The minimum atomic E-state index is -0.448. The van der Waals surface area contributed by atoms with Crippen LogP contribution in [0.4, 0.5) is 4.79 Å². The highest BCUT2D eigenvalue weighted by molar-refractivity contribution is 5.67. The minimum absolute atomic E-state index is 0.326. The normalized spacial score (nSPS) is 13.3. The van der Waals surface area contributed by atoms with Crippen molar-refractivity contribution in [2.45, 2.75) is 71.9 Å². The maximum Gasteiger partial charge on any atom is 0.422 e. The van der Waals surface area contributed by atoms with E-state index in [1.165, 1.54) is 12.8 Å². The van der Waals surface area contributed by atoms with Gasteiger partial charge in [-0.3, -0.25) is 5.43 Å². The monoisotopic (exact) mass is 230 g/mol. The Hall–Kier alpha value is -0.770. The van der Waals surface area contributed by atoms with E-state index in [-0.39, 0.29) is 0 Å². The predicted octanol–water partition coefficient (Wildman–Crippen LogP) is 2.98. The molecule has 0 rings (SSSR count). The third-order valence-corrected chi connectivity index (χ3v) is 2.18. The second-order valence-corrected chi connectivity index (χ2v) is 5.02. The zero-order valence-corrected chi connectivity index (χ0v) is 11.2. The van der Waals surface area contributed by atoms with Gasteiger partial charge in [0.05, 0.1) is 0 Å². The lowest BCUT2D eigenvalue weighted by Crippen LogP contribution is -2.46. The number of hydrazine groups is 1. The number of ether oxygens (including phenoxy) is 1. The number of carbonyl (C=O) groups is 1. The molecule has 0 fully saturated rings. The van der Waals surface area contributed by atoms with Crippen molar-refractivity contribution in [3.63, 3.8) is 0 Å². The topological polar surface area (TPSA) is 50.4 Å². The van der Waals surface area contributed by atoms with Crippen LogP contribution in [0.5, 0.6) is 0 Å². The van der Waals surface area contributed by atoms with E-state index in [2.05, 4.69) is 24.7 Å². The van der Waals surface area contributed by atoms with Crippen LogP contribution in [0, 0.1) is 0 Å². The van der Waals surface area contributed by atoms with Gasteiger partial charge in [-0.05, 0) is 33.6 Å². The number of nitrogens with one attached hydrogen (secondary N) is 2. The van der Waals surface area contributed by atoms with E-state index in [9.17, 15) is 4.79 Å². The van der Waals surface area contributed by atoms with E-state index in [1.807, 2.05) is 20.8 Å². The summed E-state index contributed by atoms with van der Waals surface area (Å²) in [6.07, 6.45) is 3.99. The van der Waals surface area contributed by atoms with Crippen LogP contribution >= 0.6 is 0 Å². The standard InChI is InChI=1S/C12H26N2O2/c1-6-8-9-10(7-2)13-14-11(15)16-12(3,4)5/h10,13H,6-9H2,1-5H3,(H,14,15). The quantitative estimate of drug-likeness (QED) is 0.690. The van der Waals surface area contributed by atoms with Gasteiger partial charge >= 0.3 is 6.09 Å². The second-order valence-electron chi connectivity index (χ2n) is 5.02. The molecule has 0 aliphatic heterocycles. The lowest BCUT2D eigenvalue weighted by atomic mass is 10.1. The molecule has 4 nitrogen and oxygen atoms in total. The Bertz CT molecular complexity index is 200. The molecule has 0 aromatic heterocycles. The summed E-state index contributed by atoms with van der Waals surface area (Å²) < 4.78 is 5.12. The Balaban J connectivity index is 3.79. The molecule has 0 heterocycles. The average molecular weight is 230 g/mol. The molecule has 0 bridgehead atoms. The number of carbonyl (C=O) groups excluding carboxylic acids is 1. The summed E-state index contributed by atoms with van der Waals surface area (Å²) in [7, 11) is 0. The molecule has 1 amide bonds. The van der Waals surface area contributed by atoms with Gasteiger partial charge in [0, 0.05) is 6.04 Å². The first-order valence-corrected chi connectivity index (χ1v) is 6.13. The Morgan fingerprint density at radius 3 is 2.38 bits per heavy atom. The molecule has 0 aromatic carbocycles. The molecule has 0 saturated carbocycles. The first-order chi connectivity index (χ1) is 7.39. The van der Waals surface area contributed by atoms with Crippen molar-refractivity contribution < 1.29 is 9.53 Å². The lowest BCUT2D eigenvalue weighted by molar-refractivity contribution is 0.0486. The smallest absolute Gasteiger partial charge is 0.422 e. The summed E-state index contributed by atoms with van der Waals surface area (Å²) in [5.74, 6) is 0. The van der Waals surface area contributed by atoms with E-state index >= 15 is 0 Å². The maximum atomic E-state index is 11.4. The van der Waals surface area contributed by atoms with Crippen molar-refractivity contribution in [2.24, 2.45) is 0 Å². The van der Waals surface area contributed by atoms with Crippen molar-refractivity contribution in [1.82, 2.24) is 10.9 Å². The van der Waals surface area contributed by atoms with Gasteiger partial charge in [0.15, 0.2) is 0 Å². The third kappa shape index (κ3) is 8.53. The second kappa shape index (κ2) is 7.49. The lowest BCUT2D eigenvalue weighted by Gasteiger charge is -2.22. The third-order valence-electron chi connectivity index (χ3n) is 2.18. The number of unbranched alkanes of at least 4 members (excludes halogenated alkanes) is 1. The molecule has 0 aliphatic carbocycles. The molecular weight excluding hydrogens is 204 g/mol. The fraction of sp³-hybridized carbons (Fsp3) is 0.917. The first-order valence-electron chi connectivity index (χ1n) is 6.13. The minimum Gasteiger partial charge on any atom is -0.443 e. The molecule has 16 heavy (non-hydrogen) atoms. The molecular formula is C12H26N2O2. The van der Waals surface area contributed by atoms with Gasteiger partial charge < -0.3 is 4.74 Å². The van der Waals surface area contributed by atoms with Gasteiger partial charge in [-0.15, -0.1) is 0 Å². The van der Waals surface area contributed by atoms with Crippen LogP contribution in [0.1, 0.15) is 60.3 Å². The van der Waals surface area contributed by atoms with Crippen molar-refractivity contribution in [3.8, 4) is 0 Å². The van der Waals surface area contributed by atoms with E-state index in [0.717, 1.165) is 12.8 Å². The van der Waals surface area contributed by atoms with Gasteiger partial charge in [-0.2, -0.15) is 0 Å². The molecule has 4 heteroatoms. The zero-order valence-electron chi connectivity index (χ0n) is 11.2. The van der Waals surface area contributed by atoms with Crippen molar-refractivity contribution >= 4 is 6.09 Å².